The zero-order chi connectivity index (χ0) is 28.9. The van der Waals surface area contributed by atoms with Crippen LogP contribution in [0.5, 0.6) is 11.5 Å². The molecule has 3 aliphatic heterocycles. The highest BCUT2D eigenvalue weighted by atomic mass is 35.5. The van der Waals surface area contributed by atoms with E-state index in [4.69, 9.17) is 26.1 Å². The molecule has 2 saturated heterocycles. The summed E-state index contributed by atoms with van der Waals surface area (Å²) in [5, 5.41) is 13.9. The van der Waals surface area contributed by atoms with E-state index in [1.54, 1.807) is 30.6 Å². The second kappa shape index (κ2) is 10.6. The molecular formula is C28H35ClFN5O5. The Hall–Kier alpha value is -3.31. The van der Waals surface area contributed by atoms with Gasteiger partial charge in [0.2, 0.25) is 0 Å². The van der Waals surface area contributed by atoms with Crippen molar-refractivity contribution in [3.8, 4) is 22.8 Å². The summed E-state index contributed by atoms with van der Waals surface area (Å²) in [6, 6.07) is 3.51. The lowest BCUT2D eigenvalue weighted by Gasteiger charge is -2.41. The van der Waals surface area contributed by atoms with Crippen molar-refractivity contribution in [3.63, 3.8) is 0 Å². The van der Waals surface area contributed by atoms with E-state index in [0.29, 0.717) is 25.5 Å². The number of hydrogen-bond acceptors (Lipinski definition) is 8. The van der Waals surface area contributed by atoms with Crippen LogP contribution in [-0.4, -0.2) is 94.9 Å². The van der Waals surface area contributed by atoms with Crippen molar-refractivity contribution in [2.24, 2.45) is 0 Å². The van der Waals surface area contributed by atoms with Crippen LogP contribution in [0.1, 0.15) is 45.0 Å². The molecule has 3 atom stereocenters. The Morgan fingerprint density at radius 2 is 1.95 bits per heavy atom. The van der Waals surface area contributed by atoms with Gasteiger partial charge in [-0.2, -0.15) is 0 Å². The van der Waals surface area contributed by atoms with Crippen LogP contribution in [0.3, 0.4) is 0 Å². The number of ether oxygens (including phenoxy) is 2. The lowest BCUT2D eigenvalue weighted by molar-refractivity contribution is 0.000953. The third kappa shape index (κ3) is 5.12. The third-order valence-corrected chi connectivity index (χ3v) is 7.99. The molecule has 2 N–H and O–H groups in total. The van der Waals surface area contributed by atoms with Gasteiger partial charge >= 0.3 is 6.09 Å². The number of benzene rings is 1. The largest absolute Gasteiger partial charge is 0.507 e. The molecule has 12 heteroatoms. The molecule has 0 bridgehead atoms. The summed E-state index contributed by atoms with van der Waals surface area (Å²) in [7, 11) is 0. The topological polar surface area (TPSA) is 107 Å². The third-order valence-electron chi connectivity index (χ3n) is 7.64. The molecule has 0 spiro atoms. The molecule has 1 aromatic carbocycles. The molecule has 0 radical (unpaired) electrons. The monoisotopic (exact) mass is 575 g/mol. The number of carbonyl (C=O) groups excluding carboxylic acids is 2. The van der Waals surface area contributed by atoms with Gasteiger partial charge in [-0.15, -0.1) is 0 Å². The number of piperazine rings is 2. The predicted octanol–water partition coefficient (Wildman–Crippen LogP) is 3.89. The SMILES string of the molecule is CC1NCCN(c2nc(-c3c(O)cccc3F)c(Cl)c3c2C(=O)N2CCN(C(=O)OC(C)(C)C)C[C@@H]2CO3)C1C. The van der Waals surface area contributed by atoms with Gasteiger partial charge in [-0.05, 0) is 46.8 Å². The van der Waals surface area contributed by atoms with Crippen LogP contribution >= 0.6 is 11.6 Å². The van der Waals surface area contributed by atoms with E-state index in [9.17, 15) is 14.7 Å². The Bertz CT molecular complexity index is 1310. The highest BCUT2D eigenvalue weighted by Gasteiger charge is 2.42. The van der Waals surface area contributed by atoms with Crippen LogP contribution in [0.4, 0.5) is 15.0 Å². The second-order valence-electron chi connectivity index (χ2n) is 11.5. The molecule has 2 unspecified atom stereocenters. The van der Waals surface area contributed by atoms with Crippen molar-refractivity contribution in [2.45, 2.75) is 58.3 Å². The fourth-order valence-electron chi connectivity index (χ4n) is 5.41. The van der Waals surface area contributed by atoms with Gasteiger partial charge in [0.15, 0.2) is 5.75 Å². The van der Waals surface area contributed by atoms with Crippen molar-refractivity contribution < 1.29 is 28.6 Å². The predicted molar refractivity (Wildman–Crippen MR) is 149 cm³/mol. The normalized spacial score (nSPS) is 23.2. The Morgan fingerprint density at radius 3 is 2.65 bits per heavy atom. The van der Waals surface area contributed by atoms with Crippen molar-refractivity contribution in [2.75, 3.05) is 44.2 Å². The molecule has 1 aromatic heterocycles. The van der Waals surface area contributed by atoms with E-state index in [1.165, 1.54) is 18.2 Å². The standard InChI is InChI=1S/C28H35ClFN5O5/c1-15-16(2)34(10-9-31-15)25-21-24(22(29)23(32-25)20-18(30)7-6-8-19(20)36)39-14-17-13-33(11-12-35(17)26(21)37)27(38)40-28(3,4)5/h6-8,15-17,31,36H,9-14H2,1-5H3/t15?,16?,17-/m1/s1. The summed E-state index contributed by atoms with van der Waals surface area (Å²) < 4.78 is 26.8. The summed E-state index contributed by atoms with van der Waals surface area (Å²) in [5.74, 6) is -0.947. The van der Waals surface area contributed by atoms with Gasteiger partial charge in [0, 0.05) is 44.8 Å². The maximum absolute atomic E-state index is 15.0. The lowest BCUT2D eigenvalue weighted by atomic mass is 10.0. The van der Waals surface area contributed by atoms with E-state index in [2.05, 4.69) is 5.32 Å². The smallest absolute Gasteiger partial charge is 0.410 e. The van der Waals surface area contributed by atoms with E-state index in [-0.39, 0.29) is 71.0 Å². The number of hydrogen-bond donors (Lipinski definition) is 2. The van der Waals surface area contributed by atoms with Crippen LogP contribution in [-0.2, 0) is 4.74 Å². The van der Waals surface area contributed by atoms with Crippen LogP contribution < -0.4 is 15.0 Å². The maximum atomic E-state index is 15.0. The molecular weight excluding hydrogens is 541 g/mol. The first-order valence-electron chi connectivity index (χ1n) is 13.5. The average molecular weight is 576 g/mol. The zero-order valence-corrected chi connectivity index (χ0v) is 24.1. The number of phenols is 1. The average Bonchev–Trinajstić information content (AvgIpc) is 3.03. The quantitative estimate of drug-likeness (QED) is 0.555. The van der Waals surface area contributed by atoms with Crippen molar-refractivity contribution in [1.82, 2.24) is 20.1 Å². The van der Waals surface area contributed by atoms with Crippen LogP contribution in [0.15, 0.2) is 18.2 Å². The van der Waals surface area contributed by atoms with Gasteiger partial charge in [-0.25, -0.2) is 14.2 Å². The molecule has 2 fully saturated rings. The van der Waals surface area contributed by atoms with Gasteiger partial charge in [0.25, 0.3) is 5.91 Å². The number of aromatic nitrogens is 1. The molecule has 10 nitrogen and oxygen atoms in total. The number of rotatable bonds is 2. The number of amides is 2. The highest BCUT2D eigenvalue weighted by Crippen LogP contribution is 2.46. The second-order valence-corrected chi connectivity index (χ2v) is 11.9. The summed E-state index contributed by atoms with van der Waals surface area (Å²) >= 11 is 6.82. The Morgan fingerprint density at radius 1 is 1.20 bits per heavy atom. The van der Waals surface area contributed by atoms with E-state index < -0.39 is 23.6 Å². The number of aromatic hydroxyl groups is 1. The van der Waals surface area contributed by atoms with Gasteiger partial charge in [-0.1, -0.05) is 17.7 Å². The first-order chi connectivity index (χ1) is 18.9. The number of carbonyl (C=O) groups is 2. The fraction of sp³-hybridized carbons (Fsp3) is 0.536. The number of pyridine rings is 1. The minimum atomic E-state index is -0.701. The number of phenolic OH excluding ortho intramolecular Hbond substituents is 1. The number of fused-ring (bicyclic) bond motifs is 2. The Labute approximate surface area is 238 Å². The van der Waals surface area contributed by atoms with Gasteiger partial charge < -0.3 is 34.6 Å². The molecule has 3 aliphatic rings. The molecule has 2 aromatic rings. The summed E-state index contributed by atoms with van der Waals surface area (Å²) in [6.07, 6.45) is -0.456. The van der Waals surface area contributed by atoms with Crippen molar-refractivity contribution in [1.29, 1.82) is 0 Å². The lowest BCUT2D eigenvalue weighted by Crippen LogP contribution is -2.58. The molecule has 4 heterocycles. The molecule has 5 rings (SSSR count). The van der Waals surface area contributed by atoms with Crippen LogP contribution in [0, 0.1) is 5.82 Å². The van der Waals surface area contributed by atoms with E-state index in [1.807, 2.05) is 18.7 Å². The van der Waals surface area contributed by atoms with Crippen LogP contribution in [0.2, 0.25) is 5.02 Å². The first kappa shape index (κ1) is 28.2. The Balaban J connectivity index is 1.60. The Kier molecular flexibility index (Phi) is 7.47. The number of nitrogens with zero attached hydrogens (tertiary/aromatic N) is 4. The van der Waals surface area contributed by atoms with E-state index >= 15 is 4.39 Å². The summed E-state index contributed by atoms with van der Waals surface area (Å²) in [6.45, 7) is 11.5. The first-order valence-corrected chi connectivity index (χ1v) is 13.9. The van der Waals surface area contributed by atoms with Crippen molar-refractivity contribution in [3.05, 3.63) is 34.6 Å². The number of nitrogens with one attached hydrogen (secondary N) is 1. The molecule has 40 heavy (non-hydrogen) atoms. The van der Waals surface area contributed by atoms with Gasteiger partial charge in [0.1, 0.15) is 45.9 Å². The highest BCUT2D eigenvalue weighted by molar-refractivity contribution is 6.35. The number of halogens is 2. The maximum Gasteiger partial charge on any atom is 0.410 e. The minimum absolute atomic E-state index is 0.00699. The number of anilines is 1. The molecule has 2 amide bonds. The fourth-order valence-corrected chi connectivity index (χ4v) is 5.70. The molecule has 0 aliphatic carbocycles. The van der Waals surface area contributed by atoms with Crippen LogP contribution in [0.25, 0.3) is 11.3 Å². The van der Waals surface area contributed by atoms with Crippen molar-refractivity contribution >= 4 is 29.4 Å². The van der Waals surface area contributed by atoms with Gasteiger partial charge in [0.05, 0.1) is 11.6 Å². The minimum Gasteiger partial charge on any atom is -0.507 e. The van der Waals surface area contributed by atoms with Gasteiger partial charge in [-0.3, -0.25) is 4.79 Å². The van der Waals surface area contributed by atoms with E-state index in [0.717, 1.165) is 0 Å². The molecule has 0 saturated carbocycles. The zero-order valence-electron chi connectivity index (χ0n) is 23.3. The summed E-state index contributed by atoms with van der Waals surface area (Å²) in [4.78, 5) is 37.0. The summed E-state index contributed by atoms with van der Waals surface area (Å²) in [5.41, 5.74) is -0.632. The molecule has 216 valence electrons.